The van der Waals surface area contributed by atoms with Gasteiger partial charge in [-0.15, -0.1) is 5.10 Å². The average Bonchev–Trinajstić information content (AvgIpc) is 3.53. The summed E-state index contributed by atoms with van der Waals surface area (Å²) < 4.78 is 8.76. The lowest BCUT2D eigenvalue weighted by atomic mass is 10.1. The van der Waals surface area contributed by atoms with E-state index in [9.17, 15) is 0 Å². The van der Waals surface area contributed by atoms with E-state index in [1.165, 1.54) is 25.7 Å². The smallest absolute Gasteiger partial charge is 0.225 e. The van der Waals surface area contributed by atoms with Gasteiger partial charge in [0.05, 0.1) is 31.2 Å². The Labute approximate surface area is 174 Å². The number of rotatable bonds is 7. The number of methoxy groups -OCH3 is 1. The molecule has 0 radical (unpaired) electrons. The van der Waals surface area contributed by atoms with E-state index in [1.54, 1.807) is 18.0 Å². The van der Waals surface area contributed by atoms with Gasteiger partial charge in [-0.05, 0) is 30.5 Å². The second kappa shape index (κ2) is 8.19. The van der Waals surface area contributed by atoms with Gasteiger partial charge in [0, 0.05) is 24.9 Å². The van der Waals surface area contributed by atoms with Crippen LogP contribution in [-0.4, -0.2) is 54.5 Å². The van der Waals surface area contributed by atoms with Crippen LogP contribution in [-0.2, 0) is 11.3 Å². The van der Waals surface area contributed by atoms with E-state index >= 15 is 0 Å². The van der Waals surface area contributed by atoms with Crippen LogP contribution < -0.4 is 5.32 Å². The first-order valence-corrected chi connectivity index (χ1v) is 10.3. The molecule has 9 nitrogen and oxygen atoms in total. The first-order valence-electron chi connectivity index (χ1n) is 10.3. The lowest BCUT2D eigenvalue weighted by Gasteiger charge is -2.11. The summed E-state index contributed by atoms with van der Waals surface area (Å²) in [5.74, 6) is 0.633. The Morgan fingerprint density at radius 3 is 2.93 bits per heavy atom. The van der Waals surface area contributed by atoms with Crippen molar-refractivity contribution < 1.29 is 4.74 Å². The molecule has 0 amide bonds. The summed E-state index contributed by atoms with van der Waals surface area (Å²) in [6.07, 6.45) is 10.5. The SMILES string of the molecule is COCCn1cc(-c2cccc(-n3nnc4cnc(NC5CCCC5)nc43)c2)cn1. The minimum absolute atomic E-state index is 0.449. The summed E-state index contributed by atoms with van der Waals surface area (Å²) in [6.45, 7) is 1.35. The van der Waals surface area contributed by atoms with Gasteiger partial charge in [-0.2, -0.15) is 14.8 Å². The Morgan fingerprint density at radius 1 is 1.17 bits per heavy atom. The molecule has 3 heterocycles. The van der Waals surface area contributed by atoms with E-state index in [4.69, 9.17) is 9.72 Å². The molecule has 0 atom stereocenters. The van der Waals surface area contributed by atoms with E-state index in [-0.39, 0.29) is 0 Å². The normalized spacial score (nSPS) is 14.6. The van der Waals surface area contributed by atoms with Crippen LogP contribution in [0.15, 0.2) is 42.9 Å². The third-order valence-corrected chi connectivity index (χ3v) is 5.46. The number of nitrogens with one attached hydrogen (secondary N) is 1. The zero-order valence-corrected chi connectivity index (χ0v) is 16.9. The monoisotopic (exact) mass is 404 g/mol. The van der Waals surface area contributed by atoms with Gasteiger partial charge in [0.25, 0.3) is 0 Å². The van der Waals surface area contributed by atoms with Gasteiger partial charge >= 0.3 is 0 Å². The fourth-order valence-electron chi connectivity index (χ4n) is 3.86. The third-order valence-electron chi connectivity index (χ3n) is 5.46. The molecule has 3 aromatic heterocycles. The third kappa shape index (κ3) is 3.76. The molecule has 5 rings (SSSR count). The Morgan fingerprint density at radius 2 is 2.07 bits per heavy atom. The highest BCUT2D eigenvalue weighted by Crippen LogP contribution is 2.24. The van der Waals surface area contributed by atoms with Crippen molar-refractivity contribution in [3.05, 3.63) is 42.9 Å². The largest absolute Gasteiger partial charge is 0.383 e. The van der Waals surface area contributed by atoms with Crippen LogP contribution in [0.1, 0.15) is 25.7 Å². The lowest BCUT2D eigenvalue weighted by molar-refractivity contribution is 0.183. The van der Waals surface area contributed by atoms with Crippen LogP contribution >= 0.6 is 0 Å². The highest BCUT2D eigenvalue weighted by Gasteiger charge is 2.17. The second-order valence-corrected chi connectivity index (χ2v) is 7.56. The summed E-state index contributed by atoms with van der Waals surface area (Å²) in [5, 5.41) is 16.4. The van der Waals surface area contributed by atoms with Gasteiger partial charge in [0.2, 0.25) is 5.95 Å². The molecule has 1 fully saturated rings. The van der Waals surface area contributed by atoms with Gasteiger partial charge in [0.15, 0.2) is 11.2 Å². The molecule has 30 heavy (non-hydrogen) atoms. The summed E-state index contributed by atoms with van der Waals surface area (Å²) in [7, 11) is 1.69. The average molecular weight is 404 g/mol. The first-order chi connectivity index (χ1) is 14.8. The number of ether oxygens (including phenoxy) is 1. The molecule has 0 bridgehead atoms. The molecule has 0 saturated heterocycles. The van der Waals surface area contributed by atoms with Crippen molar-refractivity contribution in [1.82, 2.24) is 34.7 Å². The number of nitrogens with zero attached hydrogens (tertiary/aromatic N) is 7. The molecule has 1 saturated carbocycles. The highest BCUT2D eigenvalue weighted by molar-refractivity contribution is 5.73. The Balaban J connectivity index is 1.45. The van der Waals surface area contributed by atoms with E-state index in [1.807, 2.05) is 29.2 Å². The van der Waals surface area contributed by atoms with Crippen LogP contribution in [0.4, 0.5) is 5.95 Å². The van der Waals surface area contributed by atoms with Crippen LogP contribution in [0, 0.1) is 0 Å². The molecule has 1 N–H and O–H groups in total. The maximum atomic E-state index is 5.12. The second-order valence-electron chi connectivity index (χ2n) is 7.56. The van der Waals surface area contributed by atoms with Crippen molar-refractivity contribution in [2.24, 2.45) is 0 Å². The van der Waals surface area contributed by atoms with Crippen LogP contribution in [0.3, 0.4) is 0 Å². The van der Waals surface area contributed by atoms with E-state index < -0.39 is 0 Å². The fraction of sp³-hybridized carbons (Fsp3) is 0.381. The number of aromatic nitrogens is 7. The Hall–Kier alpha value is -3.33. The highest BCUT2D eigenvalue weighted by atomic mass is 16.5. The number of fused-ring (bicyclic) bond motifs is 1. The molecule has 0 unspecified atom stereocenters. The van der Waals surface area contributed by atoms with Crippen molar-refractivity contribution in [3.63, 3.8) is 0 Å². The van der Waals surface area contributed by atoms with Crippen LogP contribution in [0.2, 0.25) is 0 Å². The minimum atomic E-state index is 0.449. The zero-order valence-electron chi connectivity index (χ0n) is 16.9. The van der Waals surface area contributed by atoms with Gasteiger partial charge in [-0.25, -0.2) is 4.98 Å². The Bertz CT molecular complexity index is 1140. The topological polar surface area (TPSA) is 95.6 Å². The lowest BCUT2D eigenvalue weighted by Crippen LogP contribution is -2.16. The molecule has 1 aliphatic rings. The number of anilines is 1. The molecule has 154 valence electrons. The van der Waals surface area contributed by atoms with E-state index in [2.05, 4.69) is 37.8 Å². The standard InChI is InChI=1S/C21H24N8O/c1-30-10-9-28-14-16(12-23-28)15-5-4-8-18(11-15)29-20-19(26-27-29)13-22-21(25-20)24-17-6-2-3-7-17/h4-5,8,11-14,17H,2-3,6-7,9-10H2,1H3,(H,22,24,25). The summed E-state index contributed by atoms with van der Waals surface area (Å²) in [6, 6.07) is 8.58. The van der Waals surface area contributed by atoms with Gasteiger partial charge in [-0.1, -0.05) is 30.2 Å². The van der Waals surface area contributed by atoms with Crippen LogP contribution in [0.25, 0.3) is 28.0 Å². The fourth-order valence-corrected chi connectivity index (χ4v) is 3.86. The molecule has 1 aromatic carbocycles. The van der Waals surface area contributed by atoms with E-state index in [0.29, 0.717) is 29.8 Å². The van der Waals surface area contributed by atoms with Crippen molar-refractivity contribution in [1.29, 1.82) is 0 Å². The predicted octanol–water partition coefficient (Wildman–Crippen LogP) is 3.07. The van der Waals surface area contributed by atoms with Gasteiger partial charge in [0.1, 0.15) is 0 Å². The Kier molecular flexibility index (Phi) is 5.10. The minimum Gasteiger partial charge on any atom is -0.383 e. The number of benzene rings is 1. The summed E-state index contributed by atoms with van der Waals surface area (Å²) >= 11 is 0. The van der Waals surface area contributed by atoms with Crippen molar-refractivity contribution in [2.75, 3.05) is 19.0 Å². The maximum Gasteiger partial charge on any atom is 0.225 e. The molecular weight excluding hydrogens is 380 g/mol. The maximum absolute atomic E-state index is 5.12. The quantitative estimate of drug-likeness (QED) is 0.506. The van der Waals surface area contributed by atoms with Gasteiger partial charge in [-0.3, -0.25) is 4.68 Å². The molecule has 1 aliphatic carbocycles. The molecule has 9 heteroatoms. The number of hydrogen-bond acceptors (Lipinski definition) is 7. The van der Waals surface area contributed by atoms with Crippen molar-refractivity contribution >= 4 is 17.1 Å². The summed E-state index contributed by atoms with van der Waals surface area (Å²) in [4.78, 5) is 9.11. The molecule has 4 aromatic rings. The van der Waals surface area contributed by atoms with Gasteiger partial charge < -0.3 is 10.1 Å². The number of hydrogen-bond donors (Lipinski definition) is 1. The van der Waals surface area contributed by atoms with Crippen molar-refractivity contribution in [3.8, 4) is 16.8 Å². The predicted molar refractivity (Wildman–Crippen MR) is 113 cm³/mol. The molecule has 0 spiro atoms. The van der Waals surface area contributed by atoms with Crippen LogP contribution in [0.5, 0.6) is 0 Å². The van der Waals surface area contributed by atoms with E-state index in [0.717, 1.165) is 23.4 Å². The molecule has 0 aliphatic heterocycles. The first kappa shape index (κ1) is 18.7. The zero-order chi connectivity index (χ0) is 20.3. The summed E-state index contributed by atoms with van der Waals surface area (Å²) in [5.41, 5.74) is 4.35. The van der Waals surface area contributed by atoms with Crippen molar-refractivity contribution in [2.45, 2.75) is 38.3 Å². The molecular formula is C21H24N8O.